The van der Waals surface area contributed by atoms with Crippen LogP contribution >= 0.6 is 15.9 Å². The van der Waals surface area contributed by atoms with E-state index in [-0.39, 0.29) is 11.8 Å². The zero-order valence-corrected chi connectivity index (χ0v) is 14.7. The normalized spacial score (nSPS) is 11.2. The van der Waals surface area contributed by atoms with Crippen molar-refractivity contribution in [2.45, 2.75) is 0 Å². The number of hydrogen-bond donors (Lipinski definition) is 1. The Morgan fingerprint density at radius 1 is 1.08 bits per heavy atom. The van der Waals surface area contributed by atoms with Crippen LogP contribution in [0, 0.1) is 5.82 Å². The molecule has 0 aliphatic carbocycles. The molecule has 0 bridgehead atoms. The van der Waals surface area contributed by atoms with Gasteiger partial charge in [0.1, 0.15) is 21.8 Å². The average Bonchev–Trinajstić information content (AvgIpc) is 2.91. The monoisotopic (exact) mass is 398 g/mol. The third-order valence-corrected chi connectivity index (χ3v) is 4.31. The van der Waals surface area contributed by atoms with Crippen molar-refractivity contribution in [2.75, 3.05) is 5.73 Å². The van der Waals surface area contributed by atoms with E-state index < -0.39 is 0 Å². The fourth-order valence-electron chi connectivity index (χ4n) is 2.79. The first-order chi connectivity index (χ1) is 12.0. The lowest BCUT2D eigenvalue weighted by atomic mass is 10.1. The lowest BCUT2D eigenvalue weighted by Gasteiger charge is -2.07. The standard InChI is InChI=1S/C17H12BrFN6/c1-25-8-11(10-7-9(19)5-6-13(10)25)15-16(23-24-17(20)22-15)12-3-2-4-14(18)21-12/h2-8H,1H3,(H2,20,22,24). The number of benzene rings is 1. The number of fused-ring (bicyclic) bond motifs is 1. The molecule has 6 nitrogen and oxygen atoms in total. The quantitative estimate of drug-likeness (QED) is 0.521. The Kier molecular flexibility index (Phi) is 3.69. The maximum absolute atomic E-state index is 13.8. The molecule has 0 atom stereocenters. The smallest absolute Gasteiger partial charge is 0.240 e. The summed E-state index contributed by atoms with van der Waals surface area (Å²) >= 11 is 3.35. The van der Waals surface area contributed by atoms with E-state index in [2.05, 4.69) is 36.1 Å². The molecule has 25 heavy (non-hydrogen) atoms. The second kappa shape index (κ2) is 5.89. The van der Waals surface area contributed by atoms with E-state index in [1.807, 2.05) is 36.0 Å². The number of aromatic nitrogens is 5. The lowest BCUT2D eigenvalue weighted by Crippen LogP contribution is -2.03. The van der Waals surface area contributed by atoms with Crippen molar-refractivity contribution in [3.05, 3.63) is 53.0 Å². The first-order valence-corrected chi connectivity index (χ1v) is 8.20. The van der Waals surface area contributed by atoms with Crippen LogP contribution in [0.2, 0.25) is 0 Å². The molecule has 0 saturated carbocycles. The number of pyridine rings is 1. The van der Waals surface area contributed by atoms with Crippen molar-refractivity contribution in [1.82, 2.24) is 24.7 Å². The molecule has 0 unspecified atom stereocenters. The van der Waals surface area contributed by atoms with Gasteiger partial charge < -0.3 is 10.3 Å². The molecule has 3 aromatic heterocycles. The van der Waals surface area contributed by atoms with Gasteiger partial charge in [-0.25, -0.2) is 14.4 Å². The number of nitrogens with zero attached hydrogens (tertiary/aromatic N) is 5. The molecule has 0 fully saturated rings. The highest BCUT2D eigenvalue weighted by molar-refractivity contribution is 9.10. The first-order valence-electron chi connectivity index (χ1n) is 7.41. The highest BCUT2D eigenvalue weighted by Crippen LogP contribution is 2.34. The minimum Gasteiger partial charge on any atom is -0.366 e. The molecule has 0 spiro atoms. The maximum Gasteiger partial charge on any atom is 0.240 e. The van der Waals surface area contributed by atoms with Gasteiger partial charge in [-0.2, -0.15) is 0 Å². The Bertz CT molecular complexity index is 1110. The molecular formula is C17H12BrFN6. The number of anilines is 1. The first kappa shape index (κ1) is 15.6. The number of rotatable bonds is 2. The summed E-state index contributed by atoms with van der Waals surface area (Å²) < 4.78 is 16.4. The Hall–Kier alpha value is -2.87. The number of nitrogens with two attached hydrogens (primary N) is 1. The van der Waals surface area contributed by atoms with Crippen molar-refractivity contribution in [3.63, 3.8) is 0 Å². The third kappa shape index (κ3) is 2.74. The number of halogens is 2. The van der Waals surface area contributed by atoms with Crippen molar-refractivity contribution >= 4 is 32.8 Å². The molecule has 0 aliphatic heterocycles. The fourth-order valence-corrected chi connectivity index (χ4v) is 3.14. The number of aryl methyl sites for hydroxylation is 1. The predicted octanol–water partition coefficient (Wildman–Crippen LogP) is 3.58. The molecule has 0 aliphatic rings. The molecule has 0 saturated heterocycles. The zero-order valence-electron chi connectivity index (χ0n) is 13.1. The maximum atomic E-state index is 13.8. The van der Waals surface area contributed by atoms with Crippen LogP contribution in [0.25, 0.3) is 33.5 Å². The molecule has 1 aromatic carbocycles. The van der Waals surface area contributed by atoms with Crippen molar-refractivity contribution < 1.29 is 4.39 Å². The Morgan fingerprint density at radius 2 is 1.92 bits per heavy atom. The SMILES string of the molecule is Cn1cc(-c2nc(N)nnc2-c2cccc(Br)n2)c2cc(F)ccc21. The van der Waals surface area contributed by atoms with Crippen LogP contribution in [0.5, 0.6) is 0 Å². The molecular weight excluding hydrogens is 387 g/mol. The Balaban J connectivity index is 2.03. The largest absolute Gasteiger partial charge is 0.366 e. The lowest BCUT2D eigenvalue weighted by molar-refractivity contribution is 0.629. The highest BCUT2D eigenvalue weighted by atomic mass is 79.9. The molecule has 8 heteroatoms. The highest BCUT2D eigenvalue weighted by Gasteiger charge is 2.18. The van der Waals surface area contributed by atoms with Gasteiger partial charge in [-0.15, -0.1) is 10.2 Å². The summed E-state index contributed by atoms with van der Waals surface area (Å²) in [6.07, 6.45) is 1.87. The second-order valence-electron chi connectivity index (χ2n) is 5.53. The van der Waals surface area contributed by atoms with Gasteiger partial charge in [0, 0.05) is 29.7 Å². The predicted molar refractivity (Wildman–Crippen MR) is 97.0 cm³/mol. The zero-order chi connectivity index (χ0) is 17.6. The van der Waals surface area contributed by atoms with Crippen LogP contribution in [0.15, 0.2) is 47.2 Å². The summed E-state index contributed by atoms with van der Waals surface area (Å²) in [6, 6.07) is 10.1. The minimum atomic E-state index is -0.322. The van der Waals surface area contributed by atoms with Crippen LogP contribution in [-0.2, 0) is 7.05 Å². The van der Waals surface area contributed by atoms with E-state index in [4.69, 9.17) is 5.73 Å². The molecule has 0 radical (unpaired) electrons. The summed E-state index contributed by atoms with van der Waals surface area (Å²) in [4.78, 5) is 8.77. The van der Waals surface area contributed by atoms with Crippen LogP contribution in [0.1, 0.15) is 0 Å². The van der Waals surface area contributed by atoms with Gasteiger partial charge in [0.05, 0.1) is 5.69 Å². The van der Waals surface area contributed by atoms with Crippen molar-refractivity contribution in [3.8, 4) is 22.6 Å². The molecule has 3 heterocycles. The molecule has 2 N–H and O–H groups in total. The van der Waals surface area contributed by atoms with Gasteiger partial charge >= 0.3 is 0 Å². The molecule has 0 amide bonds. The summed E-state index contributed by atoms with van der Waals surface area (Å²) in [5.74, 6) is -0.278. The van der Waals surface area contributed by atoms with E-state index in [1.165, 1.54) is 12.1 Å². The second-order valence-corrected chi connectivity index (χ2v) is 6.34. The van der Waals surface area contributed by atoms with Gasteiger partial charge in [-0.3, -0.25) is 0 Å². The third-order valence-electron chi connectivity index (χ3n) is 3.87. The van der Waals surface area contributed by atoms with Crippen molar-refractivity contribution in [1.29, 1.82) is 0 Å². The summed E-state index contributed by atoms with van der Waals surface area (Å²) in [5.41, 5.74) is 8.94. The minimum absolute atomic E-state index is 0.0437. The van der Waals surface area contributed by atoms with E-state index in [1.54, 1.807) is 6.07 Å². The molecule has 4 aromatic rings. The van der Waals surface area contributed by atoms with Gasteiger partial charge in [0.15, 0.2) is 0 Å². The van der Waals surface area contributed by atoms with Gasteiger partial charge in [0.2, 0.25) is 5.95 Å². The van der Waals surface area contributed by atoms with Gasteiger partial charge in [-0.05, 0) is 46.3 Å². The topological polar surface area (TPSA) is 82.5 Å². The summed E-state index contributed by atoms with van der Waals surface area (Å²) in [6.45, 7) is 0. The van der Waals surface area contributed by atoms with Crippen LogP contribution in [0.4, 0.5) is 10.3 Å². The van der Waals surface area contributed by atoms with E-state index in [0.29, 0.717) is 21.7 Å². The van der Waals surface area contributed by atoms with Crippen LogP contribution in [0.3, 0.4) is 0 Å². The van der Waals surface area contributed by atoms with Crippen LogP contribution < -0.4 is 5.73 Å². The average molecular weight is 399 g/mol. The van der Waals surface area contributed by atoms with Gasteiger partial charge in [-0.1, -0.05) is 6.07 Å². The molecule has 124 valence electrons. The van der Waals surface area contributed by atoms with Gasteiger partial charge in [0.25, 0.3) is 0 Å². The van der Waals surface area contributed by atoms with E-state index >= 15 is 0 Å². The van der Waals surface area contributed by atoms with E-state index in [9.17, 15) is 4.39 Å². The number of nitrogen functional groups attached to an aromatic ring is 1. The van der Waals surface area contributed by atoms with Crippen LogP contribution in [-0.4, -0.2) is 24.7 Å². The van der Waals surface area contributed by atoms with E-state index in [0.717, 1.165) is 16.5 Å². The Morgan fingerprint density at radius 3 is 2.72 bits per heavy atom. The summed E-state index contributed by atoms with van der Waals surface area (Å²) in [5, 5.41) is 8.76. The summed E-state index contributed by atoms with van der Waals surface area (Å²) in [7, 11) is 1.89. The molecule has 4 rings (SSSR count). The Labute approximate surface area is 150 Å². The number of hydrogen-bond acceptors (Lipinski definition) is 5. The van der Waals surface area contributed by atoms with Crippen molar-refractivity contribution in [2.24, 2.45) is 7.05 Å². The fraction of sp³-hybridized carbons (Fsp3) is 0.0588.